The number of ether oxygens (including phenoxy) is 1. The van der Waals surface area contributed by atoms with Gasteiger partial charge in [0, 0.05) is 16.9 Å². The lowest BCUT2D eigenvalue weighted by atomic mass is 9.95. The number of carbonyl (C=O) groups is 1. The monoisotopic (exact) mass is 466 g/mol. The molecule has 4 nitrogen and oxygen atoms in total. The molecular weight excluding hydrogens is 443 g/mol. The molecule has 0 bridgehead atoms. The van der Waals surface area contributed by atoms with E-state index < -0.39 is 6.10 Å². The summed E-state index contributed by atoms with van der Waals surface area (Å²) in [5.74, 6) is 0.280. The molecule has 0 aliphatic carbocycles. The first-order chi connectivity index (χ1) is 15.3. The molecule has 6 heteroatoms. The number of aliphatic imine (C=N–C) groups is 1. The van der Waals surface area contributed by atoms with E-state index in [-0.39, 0.29) is 11.9 Å². The van der Waals surface area contributed by atoms with Gasteiger partial charge in [-0.3, -0.25) is 14.7 Å². The molecule has 0 aromatic heterocycles. The summed E-state index contributed by atoms with van der Waals surface area (Å²) in [5.41, 5.74) is 6.16. The van der Waals surface area contributed by atoms with Crippen LogP contribution < -0.4 is 9.64 Å². The maximum Gasteiger partial charge on any atom is 0.271 e. The highest BCUT2D eigenvalue weighted by atomic mass is 35.5. The van der Waals surface area contributed by atoms with Crippen molar-refractivity contribution >= 4 is 46.7 Å². The van der Waals surface area contributed by atoms with Crippen molar-refractivity contribution in [2.75, 3.05) is 4.90 Å². The molecule has 1 aliphatic heterocycles. The number of hydrogen-bond acceptors (Lipinski definition) is 3. The number of amides is 1. The quantitative estimate of drug-likeness (QED) is 0.306. The van der Waals surface area contributed by atoms with Crippen molar-refractivity contribution in [3.63, 3.8) is 0 Å². The summed E-state index contributed by atoms with van der Waals surface area (Å²) in [5, 5.41) is 0.869. The third-order valence-corrected chi connectivity index (χ3v) is 6.55. The molecule has 3 aromatic carbocycles. The van der Waals surface area contributed by atoms with Gasteiger partial charge in [0.2, 0.25) is 6.10 Å². The lowest BCUT2D eigenvalue weighted by Crippen LogP contribution is -2.68. The van der Waals surface area contributed by atoms with Crippen molar-refractivity contribution in [3.8, 4) is 5.75 Å². The van der Waals surface area contributed by atoms with Crippen LogP contribution in [-0.2, 0) is 4.79 Å². The minimum Gasteiger partial charge on any atom is -0.476 e. The fraction of sp³-hybridized carbons (Fsp3) is 0.231. The Kier molecular flexibility index (Phi) is 6.27. The number of aryl methyl sites for hydroxylation is 2. The predicted octanol–water partition coefficient (Wildman–Crippen LogP) is 6.79. The summed E-state index contributed by atoms with van der Waals surface area (Å²) in [6.45, 7) is 8.14. The fourth-order valence-corrected chi connectivity index (χ4v) is 4.22. The van der Waals surface area contributed by atoms with Crippen LogP contribution >= 0.6 is 23.2 Å². The van der Waals surface area contributed by atoms with Gasteiger partial charge in [0.05, 0.1) is 10.7 Å². The SMILES string of the molecule is Cc1cccc(N=CC2C(Oc3ccc(Cl)cc3Cl)C(=O)N2c2cccc(C)c2C)c1C. The Morgan fingerprint density at radius 3 is 2.34 bits per heavy atom. The van der Waals surface area contributed by atoms with E-state index in [0.717, 1.165) is 33.6 Å². The van der Waals surface area contributed by atoms with Crippen LogP contribution in [0.5, 0.6) is 5.75 Å². The molecule has 0 saturated carbocycles. The van der Waals surface area contributed by atoms with E-state index in [2.05, 4.69) is 13.0 Å². The molecule has 164 valence electrons. The second-order valence-corrected chi connectivity index (χ2v) is 8.87. The number of β-lactam (4-membered cyclic amide) rings is 1. The van der Waals surface area contributed by atoms with Crippen molar-refractivity contribution in [1.82, 2.24) is 0 Å². The van der Waals surface area contributed by atoms with Gasteiger partial charge in [-0.2, -0.15) is 0 Å². The van der Waals surface area contributed by atoms with Crippen molar-refractivity contribution in [2.45, 2.75) is 39.8 Å². The van der Waals surface area contributed by atoms with Gasteiger partial charge in [-0.1, -0.05) is 47.5 Å². The molecule has 2 unspecified atom stereocenters. The Balaban J connectivity index is 1.71. The molecule has 32 heavy (non-hydrogen) atoms. The molecule has 1 aliphatic rings. The first-order valence-electron chi connectivity index (χ1n) is 10.4. The lowest BCUT2D eigenvalue weighted by molar-refractivity contribution is -0.132. The van der Waals surface area contributed by atoms with E-state index in [1.165, 1.54) is 0 Å². The zero-order chi connectivity index (χ0) is 23.0. The van der Waals surface area contributed by atoms with Gasteiger partial charge in [0.1, 0.15) is 11.8 Å². The first kappa shape index (κ1) is 22.4. The van der Waals surface area contributed by atoms with Gasteiger partial charge in [-0.15, -0.1) is 0 Å². The van der Waals surface area contributed by atoms with Gasteiger partial charge in [0.15, 0.2) is 0 Å². The van der Waals surface area contributed by atoms with Crippen LogP contribution in [0.1, 0.15) is 22.3 Å². The summed E-state index contributed by atoms with van der Waals surface area (Å²) < 4.78 is 6.05. The summed E-state index contributed by atoms with van der Waals surface area (Å²) in [4.78, 5) is 19.7. The number of halogens is 2. The van der Waals surface area contributed by atoms with Gasteiger partial charge in [-0.25, -0.2) is 0 Å². The predicted molar refractivity (Wildman–Crippen MR) is 132 cm³/mol. The Morgan fingerprint density at radius 1 is 0.938 bits per heavy atom. The minimum absolute atomic E-state index is 0.137. The zero-order valence-corrected chi connectivity index (χ0v) is 19.9. The topological polar surface area (TPSA) is 41.9 Å². The van der Waals surface area contributed by atoms with E-state index in [9.17, 15) is 4.79 Å². The Bertz CT molecular complexity index is 1220. The molecule has 4 rings (SSSR count). The van der Waals surface area contributed by atoms with Gasteiger partial charge >= 0.3 is 0 Å². The number of hydrogen-bond donors (Lipinski definition) is 0. The Morgan fingerprint density at radius 2 is 1.62 bits per heavy atom. The summed E-state index contributed by atoms with van der Waals surface area (Å²) in [7, 11) is 0. The number of nitrogens with zero attached hydrogens (tertiary/aromatic N) is 2. The molecule has 1 heterocycles. The summed E-state index contributed by atoms with van der Waals surface area (Å²) in [6, 6.07) is 16.5. The largest absolute Gasteiger partial charge is 0.476 e. The van der Waals surface area contributed by atoms with E-state index in [1.54, 1.807) is 29.3 Å². The molecule has 1 amide bonds. The summed E-state index contributed by atoms with van der Waals surface area (Å²) >= 11 is 12.3. The second-order valence-electron chi connectivity index (χ2n) is 8.03. The van der Waals surface area contributed by atoms with Crippen molar-refractivity contribution in [2.24, 2.45) is 4.99 Å². The third kappa shape index (κ3) is 4.13. The average Bonchev–Trinajstić information content (AvgIpc) is 2.76. The van der Waals surface area contributed by atoms with E-state index in [4.69, 9.17) is 32.9 Å². The Labute approximate surface area is 198 Å². The van der Waals surface area contributed by atoms with E-state index >= 15 is 0 Å². The molecule has 0 radical (unpaired) electrons. The van der Waals surface area contributed by atoms with Crippen LogP contribution in [0.2, 0.25) is 10.0 Å². The van der Waals surface area contributed by atoms with Crippen LogP contribution in [-0.4, -0.2) is 24.3 Å². The number of anilines is 1. The van der Waals surface area contributed by atoms with Crippen LogP contribution in [0.4, 0.5) is 11.4 Å². The number of benzene rings is 3. The van der Waals surface area contributed by atoms with Crippen molar-refractivity contribution < 1.29 is 9.53 Å². The van der Waals surface area contributed by atoms with Crippen molar-refractivity contribution in [1.29, 1.82) is 0 Å². The molecule has 1 saturated heterocycles. The van der Waals surface area contributed by atoms with E-state index in [1.807, 2.05) is 51.1 Å². The average molecular weight is 467 g/mol. The highest BCUT2D eigenvalue weighted by Gasteiger charge is 2.50. The standard InChI is InChI=1S/C26H24Cl2N2O2/c1-15-7-5-9-21(17(15)3)29-14-23-25(32-24-12-11-19(27)13-20(24)28)26(31)30(23)22-10-6-8-16(2)18(22)4/h5-14,23,25H,1-4H3. The molecule has 2 atom stereocenters. The maximum atomic E-state index is 13.2. The molecular formula is C26H24Cl2N2O2. The van der Waals surface area contributed by atoms with Gasteiger partial charge in [-0.05, 0) is 80.3 Å². The van der Waals surface area contributed by atoms with Crippen LogP contribution in [0.25, 0.3) is 0 Å². The lowest BCUT2D eigenvalue weighted by Gasteiger charge is -2.45. The molecule has 3 aromatic rings. The van der Waals surface area contributed by atoms with E-state index in [0.29, 0.717) is 15.8 Å². The summed E-state index contributed by atoms with van der Waals surface area (Å²) in [6.07, 6.45) is 1.06. The normalized spacial score (nSPS) is 18.2. The van der Waals surface area contributed by atoms with Gasteiger partial charge in [0.25, 0.3) is 5.91 Å². The fourth-order valence-electron chi connectivity index (χ4n) is 3.76. The molecule has 1 fully saturated rings. The third-order valence-electron chi connectivity index (χ3n) is 6.01. The highest BCUT2D eigenvalue weighted by Crippen LogP contribution is 2.36. The Hall–Kier alpha value is -2.82. The number of rotatable bonds is 5. The first-order valence-corrected chi connectivity index (χ1v) is 11.1. The number of carbonyl (C=O) groups excluding carboxylic acids is 1. The molecule has 0 spiro atoms. The van der Waals surface area contributed by atoms with Crippen LogP contribution in [0.3, 0.4) is 0 Å². The minimum atomic E-state index is -0.734. The highest BCUT2D eigenvalue weighted by molar-refractivity contribution is 6.35. The second kappa shape index (κ2) is 8.97. The zero-order valence-electron chi connectivity index (χ0n) is 18.4. The van der Waals surface area contributed by atoms with Crippen LogP contribution in [0.15, 0.2) is 59.6 Å². The van der Waals surface area contributed by atoms with Crippen LogP contribution in [0, 0.1) is 27.7 Å². The molecule has 0 N–H and O–H groups in total. The van der Waals surface area contributed by atoms with Crippen molar-refractivity contribution in [3.05, 3.63) is 86.9 Å². The maximum absolute atomic E-state index is 13.2. The van der Waals surface area contributed by atoms with Gasteiger partial charge < -0.3 is 4.74 Å². The smallest absolute Gasteiger partial charge is 0.271 e.